The van der Waals surface area contributed by atoms with Crippen LogP contribution in [0.15, 0.2) is 134 Å². The predicted octanol–water partition coefficient (Wildman–Crippen LogP) is 11.1. The first-order chi connectivity index (χ1) is 30.5. The van der Waals surface area contributed by atoms with E-state index in [0.717, 1.165) is 51.4 Å². The van der Waals surface area contributed by atoms with Gasteiger partial charge in [-0.1, -0.05) is 160 Å². The van der Waals surface area contributed by atoms with E-state index in [4.69, 9.17) is 24.8 Å². The lowest BCUT2D eigenvalue weighted by Gasteiger charge is -2.20. The van der Waals surface area contributed by atoms with Crippen LogP contribution in [0.25, 0.3) is 0 Å². The molecule has 2 unspecified atom stereocenters. The number of phosphoric acid groups is 1. The van der Waals surface area contributed by atoms with E-state index < -0.39 is 63.8 Å². The zero-order valence-electron chi connectivity index (χ0n) is 37.7. The predicted molar refractivity (Wildman–Crippen MR) is 255 cm³/mol. The van der Waals surface area contributed by atoms with Crippen molar-refractivity contribution in [1.29, 1.82) is 0 Å². The molecular formula is C50H76NO11P. The summed E-state index contributed by atoms with van der Waals surface area (Å²) >= 11 is 0. The molecule has 0 heterocycles. The van der Waals surface area contributed by atoms with E-state index in [1.807, 2.05) is 30.4 Å². The molecule has 0 spiro atoms. The quantitative estimate of drug-likeness (QED) is 0.0150. The average molecular weight is 898 g/mol. The summed E-state index contributed by atoms with van der Waals surface area (Å²) in [6, 6.07) is -1.57. The molecule has 63 heavy (non-hydrogen) atoms. The van der Waals surface area contributed by atoms with E-state index in [1.54, 1.807) is 24.3 Å². The molecule has 0 aliphatic carbocycles. The number of carbonyl (C=O) groups excluding carboxylic acids is 2. The molecule has 0 bridgehead atoms. The van der Waals surface area contributed by atoms with Gasteiger partial charge in [-0.15, -0.1) is 0 Å². The van der Waals surface area contributed by atoms with Crippen LogP contribution < -0.4 is 5.73 Å². The van der Waals surface area contributed by atoms with E-state index in [-0.39, 0.29) is 12.8 Å². The van der Waals surface area contributed by atoms with Crippen molar-refractivity contribution in [2.45, 2.75) is 141 Å². The van der Waals surface area contributed by atoms with Crippen LogP contribution in [0.2, 0.25) is 0 Å². The molecule has 352 valence electrons. The SMILES string of the molecule is CC/C=C\C/C=C\C/C=C\C/C=C\C=C/C(O)C/C=C\CCC(=O)OC[C@H](COP(=O)(O)OC[C@H](N)C(=O)O)OC(=O)CC/C=C\C/C=C\C/C=C\C/C=C\C/C=C\CCCCC. The summed E-state index contributed by atoms with van der Waals surface area (Å²) in [5.41, 5.74) is 5.32. The van der Waals surface area contributed by atoms with E-state index in [0.29, 0.717) is 25.7 Å². The Kier molecular flexibility index (Phi) is 39.9. The Balaban J connectivity index is 4.71. The molecule has 0 aromatic heterocycles. The van der Waals surface area contributed by atoms with Crippen molar-refractivity contribution in [1.82, 2.24) is 0 Å². The third kappa shape index (κ3) is 42.6. The van der Waals surface area contributed by atoms with Crippen molar-refractivity contribution in [3.05, 3.63) is 134 Å². The van der Waals surface area contributed by atoms with Crippen LogP contribution in [0.5, 0.6) is 0 Å². The standard InChI is InChI=1S/C50H76NO11P/c1-3-5-7-9-11-13-15-17-18-19-20-21-22-24-26-28-30-32-36-41-49(54)62-46(43-60-63(57,58)61-44-47(51)50(55)56)42-59-48(53)40-37-33-35-39-45(52)38-34-31-29-27-25-23-16-14-12-10-8-6-4-2/h6,8,11-14,17-18,20-21,23-26,29-35,38,45-47,52H,3-5,7,9-10,15-16,19,22,27-28,36-37,39-44,51H2,1-2H3,(H,55,56)(H,57,58)/b8-6-,13-11-,14-12-,18-17-,21-20-,25-23-,26-24-,31-29-,32-30-,35-33-,38-34-/t45?,46-,47+/m1/s1. The van der Waals surface area contributed by atoms with Gasteiger partial charge in [-0.05, 0) is 83.5 Å². The fraction of sp³-hybridized carbons (Fsp3) is 0.500. The second-order valence-corrected chi connectivity index (χ2v) is 15.7. The third-order valence-corrected chi connectivity index (χ3v) is 9.44. The molecule has 0 fully saturated rings. The number of hydrogen-bond donors (Lipinski definition) is 4. The largest absolute Gasteiger partial charge is 0.480 e. The molecule has 0 saturated heterocycles. The van der Waals surface area contributed by atoms with Gasteiger partial charge in [0.2, 0.25) is 0 Å². The Morgan fingerprint density at radius 2 is 1.06 bits per heavy atom. The summed E-state index contributed by atoms with van der Waals surface area (Å²) in [5.74, 6) is -2.71. The minimum Gasteiger partial charge on any atom is -0.480 e. The summed E-state index contributed by atoms with van der Waals surface area (Å²) in [6.07, 6.45) is 55.6. The molecule has 0 amide bonds. The van der Waals surface area contributed by atoms with Crippen molar-refractivity contribution < 1.29 is 52.6 Å². The topological polar surface area (TPSA) is 192 Å². The number of carboxylic acid groups (broad SMARTS) is 1. The van der Waals surface area contributed by atoms with Crippen LogP contribution in [-0.4, -0.2) is 71.1 Å². The van der Waals surface area contributed by atoms with Crippen LogP contribution >= 0.6 is 7.82 Å². The smallest absolute Gasteiger partial charge is 0.472 e. The second kappa shape index (κ2) is 42.9. The molecule has 0 rings (SSSR count). The number of aliphatic carboxylic acids is 1. The highest BCUT2D eigenvalue weighted by Gasteiger charge is 2.28. The van der Waals surface area contributed by atoms with Gasteiger partial charge in [0.25, 0.3) is 0 Å². The highest BCUT2D eigenvalue weighted by molar-refractivity contribution is 7.47. The number of aliphatic hydroxyl groups is 1. The fourth-order valence-electron chi connectivity index (χ4n) is 4.98. The highest BCUT2D eigenvalue weighted by atomic mass is 31.2. The van der Waals surface area contributed by atoms with Crippen molar-refractivity contribution in [2.24, 2.45) is 5.73 Å². The molecule has 0 aliphatic rings. The van der Waals surface area contributed by atoms with E-state index >= 15 is 0 Å². The number of carbonyl (C=O) groups is 3. The zero-order chi connectivity index (χ0) is 46.5. The number of carboxylic acids is 1. The Morgan fingerprint density at radius 1 is 0.587 bits per heavy atom. The summed E-state index contributed by atoms with van der Waals surface area (Å²) < 4.78 is 32.5. The number of allylic oxidation sites excluding steroid dienone is 20. The third-order valence-electron chi connectivity index (χ3n) is 8.49. The summed E-state index contributed by atoms with van der Waals surface area (Å²) in [7, 11) is -4.79. The fourth-order valence-corrected chi connectivity index (χ4v) is 5.76. The van der Waals surface area contributed by atoms with Gasteiger partial charge < -0.3 is 30.3 Å². The molecule has 12 nitrogen and oxygen atoms in total. The van der Waals surface area contributed by atoms with Gasteiger partial charge in [-0.25, -0.2) is 4.57 Å². The van der Waals surface area contributed by atoms with Crippen molar-refractivity contribution in [3.8, 4) is 0 Å². The number of ether oxygens (including phenoxy) is 2. The number of aliphatic hydroxyl groups excluding tert-OH is 1. The summed E-state index contributed by atoms with van der Waals surface area (Å²) in [4.78, 5) is 46.0. The van der Waals surface area contributed by atoms with Crippen LogP contribution in [0.4, 0.5) is 0 Å². The molecule has 0 aromatic rings. The lowest BCUT2D eigenvalue weighted by Crippen LogP contribution is -2.34. The molecular weight excluding hydrogens is 822 g/mol. The van der Waals surface area contributed by atoms with Gasteiger partial charge in [0.1, 0.15) is 12.6 Å². The van der Waals surface area contributed by atoms with Gasteiger partial charge >= 0.3 is 25.7 Å². The maximum atomic E-state index is 12.6. The van der Waals surface area contributed by atoms with Gasteiger partial charge in [-0.2, -0.15) is 0 Å². The maximum Gasteiger partial charge on any atom is 0.472 e. The van der Waals surface area contributed by atoms with Crippen LogP contribution in [0.1, 0.15) is 123 Å². The Labute approximate surface area is 377 Å². The summed E-state index contributed by atoms with van der Waals surface area (Å²) in [5, 5.41) is 19.1. The molecule has 5 N–H and O–H groups in total. The minimum absolute atomic E-state index is 0.00834. The van der Waals surface area contributed by atoms with Gasteiger partial charge in [-0.3, -0.25) is 23.4 Å². The lowest BCUT2D eigenvalue weighted by molar-refractivity contribution is -0.161. The Morgan fingerprint density at radius 3 is 1.60 bits per heavy atom. The molecule has 13 heteroatoms. The number of unbranched alkanes of at least 4 members (excludes halogenated alkanes) is 3. The minimum atomic E-state index is -4.79. The monoisotopic (exact) mass is 898 g/mol. The molecule has 4 atom stereocenters. The molecule has 0 aromatic carbocycles. The molecule has 0 saturated carbocycles. The normalized spacial score (nSPS) is 15.4. The second-order valence-electron chi connectivity index (χ2n) is 14.3. The lowest BCUT2D eigenvalue weighted by atomic mass is 10.2. The Hall–Kier alpha value is -4.42. The number of esters is 2. The van der Waals surface area contributed by atoms with Crippen LogP contribution in [0.3, 0.4) is 0 Å². The van der Waals surface area contributed by atoms with Crippen molar-refractivity contribution in [3.63, 3.8) is 0 Å². The first kappa shape index (κ1) is 58.6. The summed E-state index contributed by atoms with van der Waals surface area (Å²) in [6.45, 7) is 2.38. The Bertz CT molecular complexity index is 1590. The molecule has 0 radical (unpaired) electrons. The maximum absolute atomic E-state index is 12.6. The van der Waals surface area contributed by atoms with Crippen molar-refractivity contribution >= 4 is 25.7 Å². The molecule has 0 aliphatic heterocycles. The number of nitrogens with two attached hydrogens (primary N) is 1. The van der Waals surface area contributed by atoms with E-state index in [2.05, 4.69) is 97.4 Å². The first-order valence-electron chi connectivity index (χ1n) is 22.3. The van der Waals surface area contributed by atoms with E-state index in [1.165, 1.54) is 19.3 Å². The first-order valence-corrected chi connectivity index (χ1v) is 23.8. The number of phosphoric ester groups is 1. The van der Waals surface area contributed by atoms with Crippen LogP contribution in [0, 0.1) is 0 Å². The number of hydrogen-bond acceptors (Lipinski definition) is 10. The van der Waals surface area contributed by atoms with E-state index in [9.17, 15) is 28.9 Å². The van der Waals surface area contributed by atoms with Gasteiger partial charge in [0.15, 0.2) is 6.10 Å². The number of rotatable bonds is 39. The van der Waals surface area contributed by atoms with Crippen molar-refractivity contribution in [2.75, 3.05) is 19.8 Å². The van der Waals surface area contributed by atoms with Gasteiger partial charge in [0, 0.05) is 12.8 Å². The average Bonchev–Trinajstić information content (AvgIpc) is 3.26. The van der Waals surface area contributed by atoms with Gasteiger partial charge in [0.05, 0.1) is 19.3 Å². The zero-order valence-corrected chi connectivity index (χ0v) is 38.6. The van der Waals surface area contributed by atoms with Crippen LogP contribution in [-0.2, 0) is 37.5 Å². The highest BCUT2D eigenvalue weighted by Crippen LogP contribution is 2.43.